The lowest BCUT2D eigenvalue weighted by Crippen LogP contribution is -2.68. The average molecular weight is 542 g/mol. The summed E-state index contributed by atoms with van der Waals surface area (Å²) >= 11 is 13.9. The van der Waals surface area contributed by atoms with Gasteiger partial charge < -0.3 is 19.8 Å². The third kappa shape index (κ3) is 3.05. The molecule has 0 amide bonds. The molecule has 2 bridgehead atoms. The number of allylic oxidation sites excluding steroid dienone is 2. The Labute approximate surface area is 228 Å². The van der Waals surface area contributed by atoms with Crippen LogP contribution in [0, 0.1) is 11.3 Å². The number of ether oxygens (including phenoxy) is 1. The van der Waals surface area contributed by atoms with Crippen molar-refractivity contribution in [2.75, 3.05) is 14.1 Å². The van der Waals surface area contributed by atoms with E-state index in [1.54, 1.807) is 6.20 Å². The molecule has 1 aromatic carbocycles. The Hall–Kier alpha value is -1.47. The molecule has 2 unspecified atom stereocenters. The Kier molecular flexibility index (Phi) is 5.18. The minimum atomic E-state index is -0.961. The van der Waals surface area contributed by atoms with Crippen LogP contribution in [0.1, 0.15) is 51.0 Å². The van der Waals surface area contributed by atoms with Gasteiger partial charge in [-0.3, -0.25) is 0 Å². The summed E-state index contributed by atoms with van der Waals surface area (Å²) in [4.78, 5) is 5.55. The van der Waals surface area contributed by atoms with E-state index in [-0.39, 0.29) is 17.4 Å². The Morgan fingerprint density at radius 3 is 2.70 bits per heavy atom. The largest absolute Gasteiger partial charge is 0.388 e. The molecule has 3 aliphatic carbocycles. The molecule has 2 saturated carbocycles. The first-order chi connectivity index (χ1) is 17.5. The van der Waals surface area contributed by atoms with Gasteiger partial charge in [0.15, 0.2) is 0 Å². The molecule has 5 nitrogen and oxygen atoms in total. The van der Waals surface area contributed by atoms with Crippen LogP contribution in [0.4, 0.5) is 0 Å². The molecular weight excluding hydrogens is 507 g/mol. The Bertz CT molecular complexity index is 1380. The van der Waals surface area contributed by atoms with E-state index in [0.29, 0.717) is 11.6 Å². The van der Waals surface area contributed by atoms with Crippen molar-refractivity contribution < 1.29 is 14.9 Å². The number of alkyl halides is 1. The molecule has 0 radical (unpaired) electrons. The van der Waals surface area contributed by atoms with Gasteiger partial charge in [-0.15, -0.1) is 11.6 Å². The van der Waals surface area contributed by atoms with Crippen molar-refractivity contribution in [3.05, 3.63) is 58.9 Å². The third-order valence-electron chi connectivity index (χ3n) is 10.7. The normalized spacial score (nSPS) is 44.3. The van der Waals surface area contributed by atoms with Gasteiger partial charge in [-0.1, -0.05) is 42.8 Å². The summed E-state index contributed by atoms with van der Waals surface area (Å²) in [7, 11) is 3.92. The van der Waals surface area contributed by atoms with Crippen LogP contribution >= 0.6 is 23.2 Å². The number of hydrogen-bond donors (Lipinski definition) is 2. The molecule has 3 fully saturated rings. The van der Waals surface area contributed by atoms with Crippen molar-refractivity contribution in [1.82, 2.24) is 9.88 Å². The van der Waals surface area contributed by atoms with Crippen LogP contribution in [0.3, 0.4) is 0 Å². The summed E-state index contributed by atoms with van der Waals surface area (Å²) in [6, 6.07) is 8.34. The lowest BCUT2D eigenvalue weighted by molar-refractivity contribution is -0.199. The number of benzene rings is 1. The minimum Gasteiger partial charge on any atom is -0.388 e. The van der Waals surface area contributed by atoms with E-state index in [2.05, 4.69) is 42.3 Å². The summed E-state index contributed by atoms with van der Waals surface area (Å²) in [6.07, 6.45) is 9.44. The van der Waals surface area contributed by atoms with Crippen molar-refractivity contribution in [1.29, 1.82) is 0 Å². The third-order valence-corrected chi connectivity index (χ3v) is 11.6. The Morgan fingerprint density at radius 1 is 1.11 bits per heavy atom. The second-order valence-corrected chi connectivity index (χ2v) is 13.5. The molecular formula is C30H34Cl2N2O3. The van der Waals surface area contributed by atoms with E-state index in [1.807, 2.05) is 25.1 Å². The summed E-state index contributed by atoms with van der Waals surface area (Å²) in [5.74, 6) is 0.233. The van der Waals surface area contributed by atoms with Crippen LogP contribution in [0.2, 0.25) is 5.15 Å². The first-order valence-electron chi connectivity index (χ1n) is 13.4. The number of halogens is 2. The molecule has 7 rings (SSSR count). The van der Waals surface area contributed by atoms with Crippen LogP contribution in [-0.2, 0) is 4.74 Å². The zero-order valence-electron chi connectivity index (χ0n) is 21.5. The first-order valence-corrected chi connectivity index (χ1v) is 14.2. The second-order valence-electron chi connectivity index (χ2n) is 12.5. The van der Waals surface area contributed by atoms with E-state index < -0.39 is 28.3 Å². The topological polar surface area (TPSA) is 65.8 Å². The average Bonchev–Trinajstić information content (AvgIpc) is 3.40. The van der Waals surface area contributed by atoms with E-state index in [4.69, 9.17) is 27.9 Å². The van der Waals surface area contributed by atoms with Gasteiger partial charge in [0.1, 0.15) is 11.3 Å². The zero-order chi connectivity index (χ0) is 26.0. The highest BCUT2D eigenvalue weighted by Crippen LogP contribution is 2.71. The van der Waals surface area contributed by atoms with Gasteiger partial charge in [-0.05, 0) is 92.3 Å². The number of rotatable bonds is 2. The van der Waals surface area contributed by atoms with Crippen molar-refractivity contribution in [2.24, 2.45) is 11.3 Å². The summed E-state index contributed by atoms with van der Waals surface area (Å²) in [6.45, 7) is 2.39. The zero-order valence-corrected chi connectivity index (χ0v) is 23.1. The standard InChI is InChI=1S/C30H34Cl2N2O3/c1-27-9-11-29(32)15-21-24(35)25(36)22(34(2)3)16-28(21)10-12-30(29,37-28)23(27)7-6-20(27)18-4-5-19-17(14-18)8-13-33-26(19)31/h4-6,8,13-15,22-25,35-36H,7,9-12,16H2,1-3H3/t22-,23?,24+,25+,27+,28+,29?,30-/m0/s1. The van der Waals surface area contributed by atoms with Gasteiger partial charge >= 0.3 is 0 Å². The van der Waals surface area contributed by atoms with Gasteiger partial charge in [0.05, 0.1) is 22.2 Å². The Morgan fingerprint density at radius 2 is 1.92 bits per heavy atom. The maximum Gasteiger partial charge on any atom is 0.136 e. The predicted octanol–water partition coefficient (Wildman–Crippen LogP) is 5.35. The highest BCUT2D eigenvalue weighted by atomic mass is 35.5. The summed E-state index contributed by atoms with van der Waals surface area (Å²) in [5.41, 5.74) is 2.24. The quantitative estimate of drug-likeness (QED) is 0.305. The second kappa shape index (κ2) is 7.80. The van der Waals surface area contributed by atoms with Crippen LogP contribution < -0.4 is 0 Å². The maximum atomic E-state index is 11.2. The fraction of sp³-hybridized carbons (Fsp3) is 0.567. The van der Waals surface area contributed by atoms with Crippen LogP contribution in [0.5, 0.6) is 0 Å². The summed E-state index contributed by atoms with van der Waals surface area (Å²) in [5, 5.41) is 24.8. The van der Waals surface area contributed by atoms with Gasteiger partial charge in [0, 0.05) is 23.5 Å². The fourth-order valence-electron chi connectivity index (χ4n) is 8.74. The number of hydrogen-bond acceptors (Lipinski definition) is 5. The van der Waals surface area contributed by atoms with E-state index >= 15 is 0 Å². The lowest BCUT2D eigenvalue weighted by Gasteiger charge is -2.61. The molecule has 2 N–H and O–H groups in total. The highest BCUT2D eigenvalue weighted by Gasteiger charge is 2.73. The fourth-order valence-corrected chi connectivity index (χ4v) is 9.44. The molecule has 196 valence electrons. The van der Waals surface area contributed by atoms with Crippen LogP contribution in [-0.4, -0.2) is 68.5 Å². The monoisotopic (exact) mass is 540 g/mol. The number of aliphatic hydroxyl groups excluding tert-OH is 2. The molecule has 8 atom stereocenters. The van der Waals surface area contributed by atoms with E-state index in [0.717, 1.165) is 48.4 Å². The maximum absolute atomic E-state index is 11.2. The van der Waals surface area contributed by atoms with Gasteiger partial charge in [0.25, 0.3) is 0 Å². The molecule has 1 saturated heterocycles. The van der Waals surface area contributed by atoms with Crippen molar-refractivity contribution >= 4 is 39.5 Å². The lowest BCUT2D eigenvalue weighted by atomic mass is 9.54. The molecule has 1 aromatic heterocycles. The van der Waals surface area contributed by atoms with E-state index in [1.165, 1.54) is 11.1 Å². The first kappa shape index (κ1) is 24.6. The van der Waals surface area contributed by atoms with Crippen LogP contribution in [0.25, 0.3) is 16.3 Å². The van der Waals surface area contributed by atoms with Gasteiger partial charge in [0.2, 0.25) is 0 Å². The molecule has 7 heteroatoms. The molecule has 2 aliphatic heterocycles. The van der Waals surface area contributed by atoms with Crippen molar-refractivity contribution in [2.45, 2.75) is 79.8 Å². The highest BCUT2D eigenvalue weighted by molar-refractivity contribution is 6.34. The number of pyridine rings is 1. The number of nitrogens with zero attached hydrogens (tertiary/aromatic N) is 2. The van der Waals surface area contributed by atoms with Crippen LogP contribution in [0.15, 0.2) is 48.2 Å². The van der Waals surface area contributed by atoms with E-state index in [9.17, 15) is 10.2 Å². The molecule has 2 spiro atoms. The minimum absolute atomic E-state index is 0.0759. The number of likely N-dealkylation sites (N-methyl/N-ethyl adjacent to an activating group) is 1. The SMILES string of the molecule is CN(C)[C@H]1C[C@@]23CC[C@]4(O2)C2CC=C(c5ccc6c(Cl)nccc6c5)[C@@]2(C)CCC4(Cl)C=C3[C@@H](O)[C@@H]1O. The number of aliphatic hydroxyl groups is 2. The van der Waals surface area contributed by atoms with Crippen molar-refractivity contribution in [3.63, 3.8) is 0 Å². The smallest absolute Gasteiger partial charge is 0.136 e. The molecule has 5 aliphatic rings. The summed E-state index contributed by atoms with van der Waals surface area (Å²) < 4.78 is 7.27. The molecule has 2 aromatic rings. The van der Waals surface area contributed by atoms with Gasteiger partial charge in [-0.25, -0.2) is 4.98 Å². The predicted molar refractivity (Wildman–Crippen MR) is 147 cm³/mol. The van der Waals surface area contributed by atoms with Crippen molar-refractivity contribution in [3.8, 4) is 0 Å². The number of aromatic nitrogens is 1. The number of fused-ring (bicyclic) bond motifs is 2. The Balaban J connectivity index is 1.30. The molecule has 37 heavy (non-hydrogen) atoms. The molecule has 3 heterocycles. The van der Waals surface area contributed by atoms with Gasteiger partial charge in [-0.2, -0.15) is 0 Å².